The van der Waals surface area contributed by atoms with Crippen LogP contribution in [0.5, 0.6) is 5.75 Å². The lowest BCUT2D eigenvalue weighted by molar-refractivity contribution is -0.461. The molecule has 0 aliphatic heterocycles. The molecule has 2 rings (SSSR count). The molecule has 0 spiro atoms. The fourth-order valence-corrected chi connectivity index (χ4v) is 10.7. The molecule has 29 heteroatoms. The third-order valence-electron chi connectivity index (χ3n) is 10.0. The minimum Gasteiger partial charge on any atom is -0.491 e. The number of anilines is 1. The molecule has 0 aliphatic carbocycles. The summed E-state index contributed by atoms with van der Waals surface area (Å²) in [5.74, 6) is -60.3. The maximum absolute atomic E-state index is 15.0. The zero-order chi connectivity index (χ0) is 51.3. The Hall–Kier alpha value is -4.51. The Labute approximate surface area is 362 Å². The fraction of sp³-hybridized carbons (Fsp3) is 0.568. The maximum Gasteiger partial charge on any atom is 0.460 e. The van der Waals surface area contributed by atoms with Crippen molar-refractivity contribution in [2.45, 2.75) is 111 Å². The molecule has 2 amide bonds. The van der Waals surface area contributed by atoms with Crippen LogP contribution in [0.1, 0.15) is 45.8 Å². The van der Waals surface area contributed by atoms with E-state index in [0.717, 1.165) is 31.4 Å². The largest absolute Gasteiger partial charge is 0.491 e. The second-order valence-electron chi connectivity index (χ2n) is 14.8. The average Bonchev–Trinajstić information content (AvgIpc) is 3.20. The predicted molar refractivity (Wildman–Crippen MR) is 193 cm³/mol. The molecule has 2 aromatic carbocycles. The molecule has 3 N–H and O–H groups in total. The van der Waals surface area contributed by atoms with Crippen LogP contribution in [0, 0.1) is 11.6 Å². The van der Waals surface area contributed by atoms with E-state index in [9.17, 15) is 93.0 Å². The lowest BCUT2D eigenvalue weighted by Crippen LogP contribution is -2.74. The second-order valence-corrected chi connectivity index (χ2v) is 19.8. The van der Waals surface area contributed by atoms with Crippen LogP contribution in [0.2, 0.25) is 17.1 Å². The number of hydrogen-bond acceptors (Lipinski definition) is 7. The Bertz CT molecular complexity index is 1980. The molecule has 66 heavy (non-hydrogen) atoms. The van der Waals surface area contributed by atoms with Crippen molar-refractivity contribution in [1.29, 1.82) is 0 Å². The van der Waals surface area contributed by atoms with Crippen LogP contribution in [-0.4, -0.2) is 99.6 Å². The van der Waals surface area contributed by atoms with Crippen molar-refractivity contribution >= 4 is 26.0 Å². The molecule has 0 saturated heterocycles. The van der Waals surface area contributed by atoms with Gasteiger partial charge in [0.1, 0.15) is 30.1 Å². The second kappa shape index (κ2) is 20.8. The van der Waals surface area contributed by atoms with Gasteiger partial charge < -0.3 is 18.6 Å². The van der Waals surface area contributed by atoms with Crippen LogP contribution in [0.25, 0.3) is 0 Å². The molecule has 9 nitrogen and oxygen atoms in total. The smallest absolute Gasteiger partial charge is 0.460 e. The molecule has 0 radical (unpaired) electrons. The summed E-state index contributed by atoms with van der Waals surface area (Å²) >= 11 is 0. The van der Waals surface area contributed by atoms with Crippen LogP contribution in [0.3, 0.4) is 0 Å². The number of carbonyl (C=O) groups excluding carboxylic acids is 2. The Kier molecular flexibility index (Phi) is 18.1. The SMILES string of the molecule is CO[C@H](/C=C/C(=O)NO)[C@H](OC(=O)Nc1ccc(F)cc1F)c1ccc(OCCO[Si](CCC(F)(F)C(F)(F)C(F)(F)C(F)(F)C(F)(F)C(F)(F)C(F)(F)C(F)(F)F)(C(C)C)C(C)C)cc1. The minimum atomic E-state index is -8.73. The number of methoxy groups -OCH3 is 1. The van der Waals surface area contributed by atoms with Crippen LogP contribution < -0.4 is 15.5 Å². The summed E-state index contributed by atoms with van der Waals surface area (Å²) in [6, 6.07) is 5.69. The zero-order valence-electron chi connectivity index (χ0n) is 34.4. The number of alkyl halides is 17. The highest BCUT2D eigenvalue weighted by Gasteiger charge is 2.95. The molecule has 0 fully saturated rings. The first-order chi connectivity index (χ1) is 29.9. The van der Waals surface area contributed by atoms with Crippen LogP contribution in [0.15, 0.2) is 54.6 Å². The van der Waals surface area contributed by atoms with Crippen LogP contribution in [0.4, 0.5) is 93.9 Å². The molecule has 0 saturated carbocycles. The Morgan fingerprint density at radius 2 is 1.21 bits per heavy atom. The van der Waals surface area contributed by atoms with E-state index >= 15 is 0 Å². The van der Waals surface area contributed by atoms with Crippen molar-refractivity contribution in [3.8, 4) is 5.75 Å². The van der Waals surface area contributed by atoms with Gasteiger partial charge in [-0.15, -0.1) is 0 Å². The summed E-state index contributed by atoms with van der Waals surface area (Å²) in [5, 5.41) is 10.8. The van der Waals surface area contributed by atoms with Gasteiger partial charge in [-0.3, -0.25) is 15.3 Å². The highest BCUT2D eigenvalue weighted by atomic mass is 28.4. The monoisotopic (exact) mass is 1010 g/mol. The molecular formula is C37H39F19N2O7Si. The van der Waals surface area contributed by atoms with Crippen molar-refractivity contribution in [2.24, 2.45) is 0 Å². The van der Waals surface area contributed by atoms with Gasteiger partial charge in [0.2, 0.25) is 0 Å². The van der Waals surface area contributed by atoms with Crippen molar-refractivity contribution < 1.29 is 117 Å². The van der Waals surface area contributed by atoms with Crippen molar-refractivity contribution in [3.05, 3.63) is 71.8 Å². The van der Waals surface area contributed by atoms with Gasteiger partial charge in [-0.05, 0) is 53.0 Å². The summed E-state index contributed by atoms with van der Waals surface area (Å²) < 4.78 is 285. The number of nitrogens with one attached hydrogen (secondary N) is 2. The van der Waals surface area contributed by atoms with Crippen molar-refractivity contribution in [3.63, 3.8) is 0 Å². The normalized spacial score (nSPS) is 15.0. The lowest BCUT2D eigenvalue weighted by Gasteiger charge is -2.44. The predicted octanol–water partition coefficient (Wildman–Crippen LogP) is 11.9. The first kappa shape index (κ1) is 57.6. The Balaban J connectivity index is 2.33. The summed E-state index contributed by atoms with van der Waals surface area (Å²) in [6.45, 7) is 3.92. The lowest BCUT2D eigenvalue weighted by atomic mass is 9.88. The van der Waals surface area contributed by atoms with E-state index in [1.165, 1.54) is 57.4 Å². The van der Waals surface area contributed by atoms with Crippen LogP contribution in [-0.2, 0) is 18.7 Å². The number of carbonyl (C=O) groups is 2. The molecule has 2 atom stereocenters. The van der Waals surface area contributed by atoms with E-state index in [1.807, 2.05) is 5.32 Å². The summed E-state index contributed by atoms with van der Waals surface area (Å²) in [4.78, 5) is 24.3. The molecule has 0 aromatic heterocycles. The maximum atomic E-state index is 15.0. The van der Waals surface area contributed by atoms with E-state index in [2.05, 4.69) is 0 Å². The van der Waals surface area contributed by atoms with Gasteiger partial charge in [-0.2, -0.15) is 74.6 Å². The number of amides is 2. The fourth-order valence-electron chi connectivity index (χ4n) is 6.19. The first-order valence-corrected chi connectivity index (χ1v) is 20.8. The Morgan fingerprint density at radius 3 is 1.67 bits per heavy atom. The zero-order valence-corrected chi connectivity index (χ0v) is 35.4. The number of benzene rings is 2. The topological polar surface area (TPSA) is 115 Å². The Morgan fingerprint density at radius 1 is 0.712 bits per heavy atom. The van der Waals surface area contributed by atoms with Gasteiger partial charge in [0.15, 0.2) is 14.4 Å². The number of hydrogen-bond donors (Lipinski definition) is 3. The van der Waals surface area contributed by atoms with Crippen LogP contribution >= 0.6 is 0 Å². The molecule has 376 valence electrons. The molecular weight excluding hydrogens is 973 g/mol. The molecule has 0 heterocycles. The van der Waals surface area contributed by atoms with Crippen molar-refractivity contribution in [1.82, 2.24) is 5.48 Å². The number of halogens is 19. The third kappa shape index (κ3) is 11.4. The van der Waals surface area contributed by atoms with E-state index in [1.54, 1.807) is 0 Å². The van der Waals surface area contributed by atoms with Gasteiger partial charge in [0.05, 0.1) is 12.3 Å². The van der Waals surface area contributed by atoms with E-state index in [0.29, 0.717) is 6.07 Å². The third-order valence-corrected chi connectivity index (χ3v) is 15.7. The quantitative estimate of drug-likeness (QED) is 0.0254. The molecule has 2 aromatic rings. The average molecular weight is 1010 g/mol. The standard InChI is InChI=1S/C37H39F19N2O7Si/c1-19(2)66(20(3)4,17-14-30(40,41)31(42,43)32(44,45)33(46,47)34(48,49)35(50,51)36(52,53)37(54,55)56)64-16-15-63-23-9-6-21(7-10-23)28(26(62-5)12-13-27(59)58-61)65-29(60)57-25-11-8-22(38)18-24(25)39/h6-13,18-20,26,28,61H,14-17H2,1-5H3,(H,57,60)(H,58,59)/b13-12+/t26-,28-/m1/s1. The molecule has 0 aliphatic rings. The van der Waals surface area contributed by atoms with Crippen molar-refractivity contribution in [2.75, 3.05) is 25.6 Å². The highest BCUT2D eigenvalue weighted by Crippen LogP contribution is 2.64. The van der Waals surface area contributed by atoms with Gasteiger partial charge in [-0.1, -0.05) is 39.8 Å². The minimum absolute atomic E-state index is 0.0332. The highest BCUT2D eigenvalue weighted by molar-refractivity contribution is 6.76. The van der Waals surface area contributed by atoms with E-state index < -0.39 is 134 Å². The summed E-state index contributed by atoms with van der Waals surface area (Å²) in [6.07, 6.45) is -12.8. The summed E-state index contributed by atoms with van der Waals surface area (Å²) in [5.41, 5.74) is -1.02. The molecule has 0 unspecified atom stereocenters. The van der Waals surface area contributed by atoms with Gasteiger partial charge in [0.25, 0.3) is 5.91 Å². The van der Waals surface area contributed by atoms with Gasteiger partial charge >= 0.3 is 53.7 Å². The van der Waals surface area contributed by atoms with E-state index in [-0.39, 0.29) is 11.3 Å². The van der Waals surface area contributed by atoms with Gasteiger partial charge in [0, 0.05) is 25.7 Å². The van der Waals surface area contributed by atoms with Gasteiger partial charge in [-0.25, -0.2) is 19.1 Å². The summed E-state index contributed by atoms with van der Waals surface area (Å²) in [7, 11) is -2.97. The number of ether oxygens (including phenoxy) is 3. The number of hydroxylamine groups is 1. The first-order valence-electron chi connectivity index (χ1n) is 18.5. The number of rotatable bonds is 23. The molecule has 0 bridgehead atoms. The van der Waals surface area contributed by atoms with E-state index in [4.69, 9.17) is 23.8 Å².